The summed E-state index contributed by atoms with van der Waals surface area (Å²) in [6.45, 7) is 2.12. The standard InChI is InChI=1S/C12H12ClN/c1-2-3-8-14-9-7-10-11(13)5-4-6-12(10)14/h3-9H,2H2,1H3. The Hall–Kier alpha value is -1.21. The van der Waals surface area contributed by atoms with Crippen LogP contribution in [0.15, 0.2) is 36.5 Å². The average molecular weight is 206 g/mol. The molecule has 0 unspecified atom stereocenters. The zero-order valence-electron chi connectivity index (χ0n) is 8.07. The number of allylic oxidation sites excluding steroid dienone is 1. The van der Waals surface area contributed by atoms with Crippen LogP contribution in [0, 0.1) is 0 Å². The van der Waals surface area contributed by atoms with Crippen molar-refractivity contribution in [3.05, 3.63) is 41.6 Å². The van der Waals surface area contributed by atoms with Crippen LogP contribution in [0.25, 0.3) is 17.1 Å². The number of benzene rings is 1. The molecule has 14 heavy (non-hydrogen) atoms. The molecule has 0 spiro atoms. The zero-order valence-corrected chi connectivity index (χ0v) is 8.83. The fourth-order valence-corrected chi connectivity index (χ4v) is 1.73. The fourth-order valence-electron chi connectivity index (χ4n) is 1.50. The molecule has 0 amide bonds. The molecule has 72 valence electrons. The van der Waals surface area contributed by atoms with Crippen LogP contribution in [-0.2, 0) is 0 Å². The maximum Gasteiger partial charge on any atom is 0.0537 e. The lowest BCUT2D eigenvalue weighted by atomic mass is 10.2. The number of fused-ring (bicyclic) bond motifs is 1. The van der Waals surface area contributed by atoms with Gasteiger partial charge in [-0.05, 0) is 24.6 Å². The van der Waals surface area contributed by atoms with Crippen LogP contribution in [0.5, 0.6) is 0 Å². The van der Waals surface area contributed by atoms with E-state index in [0.29, 0.717) is 0 Å². The van der Waals surface area contributed by atoms with Gasteiger partial charge in [-0.25, -0.2) is 0 Å². The predicted octanol–water partition coefficient (Wildman–Crippen LogP) is 4.18. The van der Waals surface area contributed by atoms with E-state index < -0.39 is 0 Å². The Morgan fingerprint density at radius 3 is 3.00 bits per heavy atom. The number of nitrogens with zero attached hydrogens (tertiary/aromatic N) is 1. The van der Waals surface area contributed by atoms with Crippen LogP contribution in [-0.4, -0.2) is 4.57 Å². The molecule has 2 heteroatoms. The third-order valence-corrected chi connectivity index (χ3v) is 2.54. The topological polar surface area (TPSA) is 4.93 Å². The lowest BCUT2D eigenvalue weighted by Crippen LogP contribution is -1.81. The molecule has 2 aromatic rings. The molecule has 0 aliphatic rings. The number of aromatic nitrogens is 1. The molecule has 0 aliphatic carbocycles. The quantitative estimate of drug-likeness (QED) is 0.694. The third-order valence-electron chi connectivity index (χ3n) is 2.21. The second-order valence-corrected chi connectivity index (χ2v) is 3.60. The number of hydrogen-bond donors (Lipinski definition) is 0. The highest BCUT2D eigenvalue weighted by atomic mass is 35.5. The Labute approximate surface area is 88.6 Å². The Balaban J connectivity index is 2.58. The first-order valence-electron chi connectivity index (χ1n) is 4.74. The minimum atomic E-state index is 0.811. The molecule has 1 nitrogen and oxygen atoms in total. The van der Waals surface area contributed by atoms with Gasteiger partial charge in [-0.1, -0.05) is 30.7 Å². The lowest BCUT2D eigenvalue weighted by molar-refractivity contribution is 1.17. The minimum absolute atomic E-state index is 0.811. The molecular formula is C12H12ClN. The van der Waals surface area contributed by atoms with Crippen LogP contribution < -0.4 is 0 Å². The summed E-state index contributed by atoms with van der Waals surface area (Å²) in [5.74, 6) is 0. The maximum atomic E-state index is 6.07. The molecule has 0 saturated carbocycles. The second-order valence-electron chi connectivity index (χ2n) is 3.19. The summed E-state index contributed by atoms with van der Waals surface area (Å²) in [6.07, 6.45) is 7.27. The van der Waals surface area contributed by atoms with Gasteiger partial charge in [-0.3, -0.25) is 0 Å². The number of halogens is 1. The van der Waals surface area contributed by atoms with Gasteiger partial charge in [-0.2, -0.15) is 0 Å². The number of rotatable bonds is 2. The monoisotopic (exact) mass is 205 g/mol. The summed E-state index contributed by atoms with van der Waals surface area (Å²) in [7, 11) is 0. The summed E-state index contributed by atoms with van der Waals surface area (Å²) < 4.78 is 2.09. The van der Waals surface area contributed by atoms with Crippen LogP contribution in [0.1, 0.15) is 13.3 Å². The highest BCUT2D eigenvalue weighted by Crippen LogP contribution is 2.24. The molecular weight excluding hydrogens is 194 g/mol. The first-order valence-corrected chi connectivity index (χ1v) is 5.12. The SMILES string of the molecule is CCC=Cn1ccc2c(Cl)cccc21. The van der Waals surface area contributed by atoms with Gasteiger partial charge in [-0.15, -0.1) is 0 Å². The van der Waals surface area contributed by atoms with E-state index >= 15 is 0 Å². The summed E-state index contributed by atoms with van der Waals surface area (Å²) in [5.41, 5.74) is 1.15. The highest BCUT2D eigenvalue weighted by Gasteiger charge is 2.00. The van der Waals surface area contributed by atoms with Gasteiger partial charge in [0, 0.05) is 22.8 Å². The van der Waals surface area contributed by atoms with Crippen molar-refractivity contribution in [3.8, 4) is 0 Å². The summed E-state index contributed by atoms with van der Waals surface area (Å²) >= 11 is 6.07. The first-order chi connectivity index (χ1) is 6.83. The van der Waals surface area contributed by atoms with E-state index in [1.807, 2.05) is 24.4 Å². The van der Waals surface area contributed by atoms with Crippen molar-refractivity contribution in [3.63, 3.8) is 0 Å². The molecule has 0 atom stereocenters. The second kappa shape index (κ2) is 3.89. The van der Waals surface area contributed by atoms with E-state index in [9.17, 15) is 0 Å². The molecule has 1 aromatic heterocycles. The molecule has 0 aliphatic heterocycles. The predicted molar refractivity (Wildman–Crippen MR) is 62.6 cm³/mol. The third kappa shape index (κ3) is 1.55. The van der Waals surface area contributed by atoms with Gasteiger partial charge < -0.3 is 4.57 Å². The Morgan fingerprint density at radius 2 is 2.21 bits per heavy atom. The van der Waals surface area contributed by atoms with Crippen LogP contribution in [0.3, 0.4) is 0 Å². The number of hydrogen-bond acceptors (Lipinski definition) is 0. The molecule has 0 N–H and O–H groups in total. The maximum absolute atomic E-state index is 6.07. The Bertz CT molecular complexity index is 468. The molecule has 0 saturated heterocycles. The van der Waals surface area contributed by atoms with Crippen molar-refractivity contribution in [1.29, 1.82) is 0 Å². The van der Waals surface area contributed by atoms with Gasteiger partial charge in [0.25, 0.3) is 0 Å². The summed E-state index contributed by atoms with van der Waals surface area (Å²) in [6, 6.07) is 8.00. The molecule has 0 fully saturated rings. The molecule has 1 aromatic carbocycles. The molecule has 0 radical (unpaired) electrons. The fraction of sp³-hybridized carbons (Fsp3) is 0.167. The van der Waals surface area contributed by atoms with Gasteiger partial charge >= 0.3 is 0 Å². The van der Waals surface area contributed by atoms with Crippen molar-refractivity contribution in [1.82, 2.24) is 4.57 Å². The lowest BCUT2D eigenvalue weighted by Gasteiger charge is -1.98. The normalized spacial score (nSPS) is 11.6. The minimum Gasteiger partial charge on any atom is -0.324 e. The Kier molecular flexibility index (Phi) is 2.60. The van der Waals surface area contributed by atoms with Crippen molar-refractivity contribution < 1.29 is 0 Å². The van der Waals surface area contributed by atoms with E-state index in [1.165, 1.54) is 0 Å². The van der Waals surface area contributed by atoms with Crippen LogP contribution in [0.4, 0.5) is 0 Å². The van der Waals surface area contributed by atoms with Crippen molar-refractivity contribution in [2.75, 3.05) is 0 Å². The molecule has 0 bridgehead atoms. The first kappa shape index (κ1) is 9.35. The summed E-state index contributed by atoms with van der Waals surface area (Å²) in [5, 5.41) is 1.92. The largest absolute Gasteiger partial charge is 0.324 e. The van der Waals surface area contributed by atoms with Crippen molar-refractivity contribution >= 4 is 28.7 Å². The highest BCUT2D eigenvalue weighted by molar-refractivity contribution is 6.35. The van der Waals surface area contributed by atoms with E-state index in [-0.39, 0.29) is 0 Å². The van der Waals surface area contributed by atoms with Crippen molar-refractivity contribution in [2.45, 2.75) is 13.3 Å². The van der Waals surface area contributed by atoms with Gasteiger partial charge in [0.15, 0.2) is 0 Å². The van der Waals surface area contributed by atoms with Gasteiger partial charge in [0.2, 0.25) is 0 Å². The van der Waals surface area contributed by atoms with Gasteiger partial charge in [0.05, 0.1) is 5.52 Å². The van der Waals surface area contributed by atoms with E-state index in [0.717, 1.165) is 22.3 Å². The Morgan fingerprint density at radius 1 is 1.36 bits per heavy atom. The average Bonchev–Trinajstić information content (AvgIpc) is 2.60. The molecule has 1 heterocycles. The summed E-state index contributed by atoms with van der Waals surface area (Å²) in [4.78, 5) is 0. The smallest absolute Gasteiger partial charge is 0.0537 e. The van der Waals surface area contributed by atoms with E-state index in [1.54, 1.807) is 0 Å². The van der Waals surface area contributed by atoms with E-state index in [4.69, 9.17) is 11.6 Å². The van der Waals surface area contributed by atoms with Gasteiger partial charge in [0.1, 0.15) is 0 Å². The van der Waals surface area contributed by atoms with Crippen LogP contribution in [0.2, 0.25) is 5.02 Å². The van der Waals surface area contributed by atoms with E-state index in [2.05, 4.69) is 29.8 Å². The van der Waals surface area contributed by atoms with Crippen molar-refractivity contribution in [2.24, 2.45) is 0 Å². The van der Waals surface area contributed by atoms with Crippen LogP contribution >= 0.6 is 11.6 Å². The molecule has 2 rings (SSSR count). The zero-order chi connectivity index (χ0) is 9.97.